The largest absolute Gasteiger partial charge is 0.439 e. The van der Waals surface area contributed by atoms with E-state index < -0.39 is 172 Å². The molecule has 0 bridgehead atoms. The fourth-order valence-corrected chi connectivity index (χ4v) is 13.2. The van der Waals surface area contributed by atoms with E-state index in [0.29, 0.717) is 48.5 Å². The van der Waals surface area contributed by atoms with Crippen LogP contribution in [0.1, 0.15) is 35.6 Å². The molecule has 5 aromatic rings. The van der Waals surface area contributed by atoms with Gasteiger partial charge < -0.3 is 13.1 Å². The number of halogens is 20. The molecule has 0 aliphatic rings. The Balaban J connectivity index is 1.74. The van der Waals surface area contributed by atoms with E-state index in [-0.39, 0.29) is 24.3 Å². The minimum atomic E-state index is -7.94. The topological polar surface area (TPSA) is 139 Å². The highest BCUT2D eigenvalue weighted by atomic mass is 32.3. The molecule has 34 heteroatoms. The molecular formula is C41H26F20O10S4. The highest BCUT2D eigenvalue weighted by Crippen LogP contribution is 2.72. The quantitative estimate of drug-likeness (QED) is 0.0615. The van der Waals surface area contributed by atoms with Crippen LogP contribution in [0.15, 0.2) is 140 Å². The van der Waals surface area contributed by atoms with Gasteiger partial charge >= 0.3 is 78.3 Å². The molecule has 75 heavy (non-hydrogen) atoms. The number of hydrogen-bond acceptors (Lipinski definition) is 10. The molecule has 5 rings (SSSR count). The first-order chi connectivity index (χ1) is 33.9. The molecule has 0 atom stereocenters. The van der Waals surface area contributed by atoms with Gasteiger partial charge in [0, 0.05) is 14.7 Å². The lowest BCUT2D eigenvalue weighted by molar-refractivity contribution is -0.417. The van der Waals surface area contributed by atoms with Gasteiger partial charge in [0.05, 0.1) is 28.9 Å². The van der Waals surface area contributed by atoms with Crippen molar-refractivity contribution in [2.24, 2.45) is 0 Å². The average molecular weight is 1190 g/mol. The van der Waals surface area contributed by atoms with Crippen molar-refractivity contribution in [2.45, 2.75) is 85.7 Å². The van der Waals surface area contributed by atoms with Crippen molar-refractivity contribution < 1.29 is 130 Å². The van der Waals surface area contributed by atoms with Crippen LogP contribution in [0.3, 0.4) is 0 Å². The van der Waals surface area contributed by atoms with Crippen LogP contribution in [-0.4, -0.2) is 55.1 Å². The summed E-state index contributed by atoms with van der Waals surface area (Å²) in [7, 11) is -24.7. The van der Waals surface area contributed by atoms with E-state index in [1.807, 2.05) is 0 Å². The summed E-state index contributed by atoms with van der Waals surface area (Å²) in [5.41, 5.74) is -8.66. The Kier molecular flexibility index (Phi) is 16.1. The summed E-state index contributed by atoms with van der Waals surface area (Å²) in [6.45, 7) is -0.535. The van der Waals surface area contributed by atoms with Crippen LogP contribution >= 0.6 is 10.3 Å². The van der Waals surface area contributed by atoms with Gasteiger partial charge in [-0.1, -0.05) is 25.1 Å². The molecule has 0 saturated carbocycles. The van der Waals surface area contributed by atoms with Crippen LogP contribution < -0.4 is 8.37 Å². The van der Waals surface area contributed by atoms with Crippen LogP contribution in [-0.2, 0) is 63.4 Å². The maximum Gasteiger partial charge on any atom is 0.439 e. The Morgan fingerprint density at radius 3 is 1.03 bits per heavy atom. The van der Waals surface area contributed by atoms with Gasteiger partial charge in [0.1, 0.15) is 21.3 Å². The van der Waals surface area contributed by atoms with E-state index in [4.69, 9.17) is 3.63 Å². The molecule has 0 heterocycles. The Morgan fingerprint density at radius 1 is 0.400 bits per heavy atom. The normalized spacial score (nSPS) is 14.4. The lowest BCUT2D eigenvalue weighted by Gasteiger charge is -2.41. The van der Waals surface area contributed by atoms with Gasteiger partial charge in [-0.05, 0) is 114 Å². The third-order valence-electron chi connectivity index (χ3n) is 9.62. The van der Waals surface area contributed by atoms with Crippen molar-refractivity contribution in [3.63, 3.8) is 0 Å². The van der Waals surface area contributed by atoms with Crippen molar-refractivity contribution in [1.29, 1.82) is 0 Å². The van der Waals surface area contributed by atoms with Crippen LogP contribution in [0, 0.1) is 0 Å². The monoisotopic (exact) mass is 1190 g/mol. The predicted molar refractivity (Wildman–Crippen MR) is 216 cm³/mol. The third-order valence-corrected chi connectivity index (χ3v) is 17.3. The first-order valence-corrected chi connectivity index (χ1v) is 25.3. The summed E-state index contributed by atoms with van der Waals surface area (Å²) in [6.07, 6.45) is -29.6. The molecule has 0 spiro atoms. The second kappa shape index (κ2) is 20.1. The third kappa shape index (κ3) is 12.2. The molecule has 0 amide bonds. The van der Waals surface area contributed by atoms with E-state index in [1.54, 1.807) is 0 Å². The molecule has 0 radical (unpaired) electrons. The van der Waals surface area contributed by atoms with Gasteiger partial charge in [-0.2, -0.15) is 113 Å². The Hall–Kier alpha value is -5.58. The number of alkyl halides is 20. The fraction of sp³-hybridized carbons (Fsp3) is 0.268. The fourth-order valence-electron chi connectivity index (χ4n) is 6.02. The van der Waals surface area contributed by atoms with Crippen LogP contribution in [0.4, 0.5) is 87.8 Å². The van der Waals surface area contributed by atoms with Crippen molar-refractivity contribution >= 4 is 40.7 Å². The van der Waals surface area contributed by atoms with Crippen molar-refractivity contribution in [3.05, 3.63) is 138 Å². The summed E-state index contributed by atoms with van der Waals surface area (Å²) in [6, 6.07) is 5.13. The average Bonchev–Trinajstić information content (AvgIpc) is 3.29. The molecule has 0 N–H and O–H groups in total. The molecule has 0 saturated heterocycles. The number of benzene rings is 5. The van der Waals surface area contributed by atoms with Crippen LogP contribution in [0.25, 0.3) is 0 Å². The Morgan fingerprint density at radius 2 is 0.720 bits per heavy atom. The zero-order valence-electron chi connectivity index (χ0n) is 36.2. The van der Waals surface area contributed by atoms with Gasteiger partial charge in [-0.3, -0.25) is 0 Å². The zero-order valence-corrected chi connectivity index (χ0v) is 39.4. The van der Waals surface area contributed by atoms with Gasteiger partial charge in [0.15, 0.2) is 0 Å². The first-order valence-electron chi connectivity index (χ1n) is 19.5. The number of hydrogen-bond donors (Lipinski definition) is 0. The Bertz CT molecular complexity index is 3000. The smallest absolute Gasteiger partial charge is 0.379 e. The molecule has 0 aromatic heterocycles. The first kappa shape index (κ1) is 60.3. The lowest BCUT2D eigenvalue weighted by Crippen LogP contribution is -2.65. The van der Waals surface area contributed by atoms with Crippen molar-refractivity contribution in [2.75, 3.05) is 6.61 Å². The van der Waals surface area contributed by atoms with Gasteiger partial charge in [0.2, 0.25) is 0 Å². The van der Waals surface area contributed by atoms with E-state index in [1.165, 1.54) is 0 Å². The van der Waals surface area contributed by atoms with E-state index in [2.05, 4.69) is 13.1 Å². The molecule has 414 valence electrons. The lowest BCUT2D eigenvalue weighted by atomic mass is 10.1. The second-order valence-corrected chi connectivity index (χ2v) is 22.5. The second-order valence-electron chi connectivity index (χ2n) is 14.9. The Labute approximate surface area is 410 Å². The standard InChI is InChI=1S/C41H26F20O10S4/c1-2-16-68-40(58,59)38(54,55)39(56,57)41(60,61)75(66,67)71-72(29-6-4-3-5-7-29,30-12-8-27(9-13-30)69-73(62,63)32-19-23(34(42,43)44)17-24(20-32)35(45,46)47)31-14-10-28(11-15-31)70-74(64,65)33-21-25(36(48,49)50)18-26(22-33)37(51,52)53/h3-15,17-22H,2,16H2,1H3. The summed E-state index contributed by atoms with van der Waals surface area (Å²) >= 11 is 0. The maximum absolute atomic E-state index is 15.9. The predicted octanol–water partition coefficient (Wildman–Crippen LogP) is 13.7. The van der Waals surface area contributed by atoms with Gasteiger partial charge in [-0.25, -0.2) is 3.63 Å². The highest BCUT2D eigenvalue weighted by Gasteiger charge is 2.86. The molecule has 0 aliphatic heterocycles. The number of rotatable bonds is 18. The minimum absolute atomic E-state index is 0.300. The van der Waals surface area contributed by atoms with Gasteiger partial charge in [-0.15, -0.1) is 0 Å². The summed E-state index contributed by atoms with van der Waals surface area (Å²) in [5.74, 6) is -17.5. The molecule has 0 fully saturated rings. The van der Waals surface area contributed by atoms with Crippen LogP contribution in [0.5, 0.6) is 11.5 Å². The maximum atomic E-state index is 15.9. The molecular weight excluding hydrogens is 1160 g/mol. The van der Waals surface area contributed by atoms with Crippen LogP contribution in [0.2, 0.25) is 0 Å². The molecule has 0 aliphatic carbocycles. The summed E-state index contributed by atoms with van der Waals surface area (Å²) in [5, 5.41) is -7.48. The van der Waals surface area contributed by atoms with Crippen molar-refractivity contribution in [3.8, 4) is 11.5 Å². The summed E-state index contributed by atoms with van der Waals surface area (Å²) in [4.78, 5) is -6.50. The highest BCUT2D eigenvalue weighted by molar-refractivity contribution is 8.33. The van der Waals surface area contributed by atoms with E-state index in [0.717, 1.165) is 37.3 Å². The SMILES string of the molecule is CCCOC(F)(F)C(F)(F)C(F)(F)C(F)(F)S(=O)(=O)OS(c1ccccc1)(c1ccc(OS(=O)(=O)c2cc(C(F)(F)F)cc(C(F)(F)F)c2)cc1)c1ccc(OS(=O)(=O)c2cc(C(F)(F)F)cc(C(F)(F)F)c2)cc1. The van der Waals surface area contributed by atoms with Gasteiger partial charge in [0.25, 0.3) is 0 Å². The summed E-state index contributed by atoms with van der Waals surface area (Å²) < 4.78 is 381. The zero-order chi connectivity index (χ0) is 57.0. The molecule has 10 nitrogen and oxygen atoms in total. The molecule has 5 aromatic carbocycles. The van der Waals surface area contributed by atoms with E-state index >= 15 is 17.6 Å². The minimum Gasteiger partial charge on any atom is -0.379 e. The number of ether oxygens (including phenoxy) is 1. The van der Waals surface area contributed by atoms with E-state index in [9.17, 15) is 95.5 Å². The van der Waals surface area contributed by atoms with Crippen molar-refractivity contribution in [1.82, 2.24) is 0 Å². The molecule has 0 unspecified atom stereocenters.